The van der Waals surface area contributed by atoms with Gasteiger partial charge in [0.1, 0.15) is 18.1 Å². The van der Waals surface area contributed by atoms with Crippen LogP contribution in [-0.2, 0) is 22.6 Å². The van der Waals surface area contributed by atoms with Gasteiger partial charge in [-0.3, -0.25) is 0 Å². The fraction of sp³-hybridized carbons (Fsp3) is 0.733. The molecule has 1 N–H and O–H groups in total. The van der Waals surface area contributed by atoms with Crippen LogP contribution >= 0.6 is 0 Å². The Kier molecular flexibility index (Phi) is 5.89. The molecule has 0 spiro atoms. The first-order valence-electron chi connectivity index (χ1n) is 7.20. The molecule has 19 heavy (non-hydrogen) atoms. The maximum absolute atomic E-state index is 5.68. The van der Waals surface area contributed by atoms with Crippen LogP contribution in [-0.4, -0.2) is 25.9 Å². The van der Waals surface area contributed by atoms with Gasteiger partial charge in [0.25, 0.3) is 0 Å². The molecule has 1 aliphatic carbocycles. The molecule has 1 aromatic rings. The maximum atomic E-state index is 5.68. The van der Waals surface area contributed by atoms with Gasteiger partial charge in [-0.1, -0.05) is 13.8 Å². The lowest BCUT2D eigenvalue weighted by Crippen LogP contribution is -2.14. The molecule has 0 bridgehead atoms. The molecule has 0 unspecified atom stereocenters. The Balaban J connectivity index is 1.52. The van der Waals surface area contributed by atoms with Gasteiger partial charge in [0, 0.05) is 12.6 Å². The van der Waals surface area contributed by atoms with E-state index in [9.17, 15) is 0 Å². The monoisotopic (exact) mass is 267 g/mol. The second kappa shape index (κ2) is 7.68. The van der Waals surface area contributed by atoms with E-state index < -0.39 is 0 Å². The number of furan rings is 1. The molecule has 0 radical (unpaired) electrons. The highest BCUT2D eigenvalue weighted by atomic mass is 16.5. The quantitative estimate of drug-likeness (QED) is 0.662. The molecule has 1 fully saturated rings. The fourth-order valence-corrected chi connectivity index (χ4v) is 1.74. The number of hydrogen-bond donors (Lipinski definition) is 1. The van der Waals surface area contributed by atoms with Crippen LogP contribution in [0.25, 0.3) is 0 Å². The molecule has 0 atom stereocenters. The summed E-state index contributed by atoms with van der Waals surface area (Å²) in [6.07, 6.45) is 2.60. The Labute approximate surface area is 115 Å². The zero-order chi connectivity index (χ0) is 13.5. The molecule has 2 rings (SSSR count). The van der Waals surface area contributed by atoms with Crippen molar-refractivity contribution in [2.24, 2.45) is 5.92 Å². The van der Waals surface area contributed by atoms with Crippen molar-refractivity contribution in [3.63, 3.8) is 0 Å². The van der Waals surface area contributed by atoms with Crippen molar-refractivity contribution < 1.29 is 13.9 Å². The Hall–Kier alpha value is -0.840. The number of hydrogen-bond acceptors (Lipinski definition) is 4. The van der Waals surface area contributed by atoms with Crippen LogP contribution in [0.2, 0.25) is 0 Å². The fourth-order valence-electron chi connectivity index (χ4n) is 1.74. The van der Waals surface area contributed by atoms with Gasteiger partial charge in [-0.15, -0.1) is 0 Å². The van der Waals surface area contributed by atoms with E-state index in [1.807, 2.05) is 12.1 Å². The summed E-state index contributed by atoms with van der Waals surface area (Å²) < 4.78 is 16.6. The number of rotatable bonds is 10. The van der Waals surface area contributed by atoms with Crippen molar-refractivity contribution >= 4 is 0 Å². The average molecular weight is 267 g/mol. The molecule has 1 heterocycles. The third-order valence-corrected chi connectivity index (χ3v) is 2.93. The highest BCUT2D eigenvalue weighted by Gasteiger charge is 2.20. The van der Waals surface area contributed by atoms with Crippen molar-refractivity contribution in [2.45, 2.75) is 45.9 Å². The topological polar surface area (TPSA) is 43.6 Å². The van der Waals surface area contributed by atoms with Crippen molar-refractivity contribution in [1.82, 2.24) is 5.32 Å². The van der Waals surface area contributed by atoms with Crippen molar-refractivity contribution in [1.29, 1.82) is 0 Å². The van der Waals surface area contributed by atoms with E-state index in [-0.39, 0.29) is 0 Å². The van der Waals surface area contributed by atoms with E-state index in [1.165, 1.54) is 12.8 Å². The Bertz CT molecular complexity index is 358. The summed E-state index contributed by atoms with van der Waals surface area (Å²) in [5.41, 5.74) is 0. The predicted octanol–water partition coefficient (Wildman–Crippen LogP) is 2.72. The second-order valence-electron chi connectivity index (χ2n) is 5.54. The zero-order valence-electron chi connectivity index (χ0n) is 12.0. The van der Waals surface area contributed by atoms with Crippen LogP contribution in [0.15, 0.2) is 16.5 Å². The third-order valence-electron chi connectivity index (χ3n) is 2.93. The number of nitrogens with one attached hydrogen (secondary N) is 1. The van der Waals surface area contributed by atoms with Crippen molar-refractivity contribution in [3.8, 4) is 0 Å². The number of ether oxygens (including phenoxy) is 2. The maximum Gasteiger partial charge on any atom is 0.129 e. The highest BCUT2D eigenvalue weighted by Crippen LogP contribution is 2.19. The molecule has 1 saturated carbocycles. The second-order valence-corrected chi connectivity index (χ2v) is 5.54. The van der Waals surface area contributed by atoms with Gasteiger partial charge in [0.2, 0.25) is 0 Å². The first kappa shape index (κ1) is 14.6. The molecule has 0 aliphatic heterocycles. The van der Waals surface area contributed by atoms with E-state index in [4.69, 9.17) is 13.9 Å². The predicted molar refractivity (Wildman–Crippen MR) is 73.9 cm³/mol. The molecule has 0 saturated heterocycles. The highest BCUT2D eigenvalue weighted by molar-refractivity contribution is 5.06. The minimum absolute atomic E-state index is 0.522. The van der Waals surface area contributed by atoms with E-state index in [2.05, 4.69) is 19.2 Å². The van der Waals surface area contributed by atoms with Gasteiger partial charge in [-0.2, -0.15) is 0 Å². The summed E-state index contributed by atoms with van der Waals surface area (Å²) in [4.78, 5) is 0. The summed E-state index contributed by atoms with van der Waals surface area (Å²) in [5.74, 6) is 2.45. The van der Waals surface area contributed by atoms with E-state index in [1.54, 1.807) is 0 Å². The van der Waals surface area contributed by atoms with E-state index >= 15 is 0 Å². The van der Waals surface area contributed by atoms with Crippen LogP contribution in [0.1, 0.15) is 38.2 Å². The SMILES string of the molecule is CC(C)COCCOCc1ccc(CNC2CC2)o1. The van der Waals surface area contributed by atoms with Crippen molar-refractivity contribution in [2.75, 3.05) is 19.8 Å². The third kappa shape index (κ3) is 6.23. The van der Waals surface area contributed by atoms with Gasteiger partial charge in [-0.05, 0) is 30.9 Å². The summed E-state index contributed by atoms with van der Waals surface area (Å²) in [6.45, 7) is 7.68. The Morgan fingerprint density at radius 3 is 2.68 bits per heavy atom. The molecule has 0 aromatic carbocycles. The Morgan fingerprint density at radius 2 is 1.95 bits per heavy atom. The van der Waals surface area contributed by atoms with Crippen LogP contribution < -0.4 is 5.32 Å². The molecular formula is C15H25NO3. The van der Waals surface area contributed by atoms with Crippen LogP contribution in [0.4, 0.5) is 0 Å². The summed E-state index contributed by atoms with van der Waals surface area (Å²) in [5, 5.41) is 3.43. The first-order chi connectivity index (χ1) is 9.24. The summed E-state index contributed by atoms with van der Waals surface area (Å²) in [6, 6.07) is 4.71. The molecule has 108 valence electrons. The largest absolute Gasteiger partial charge is 0.462 e. The zero-order valence-corrected chi connectivity index (χ0v) is 12.0. The average Bonchev–Trinajstić information content (AvgIpc) is 3.10. The lowest BCUT2D eigenvalue weighted by molar-refractivity contribution is 0.0261. The molecule has 1 aliphatic rings. The lowest BCUT2D eigenvalue weighted by Gasteiger charge is -2.06. The lowest BCUT2D eigenvalue weighted by atomic mass is 10.2. The standard InChI is InChI=1S/C15H25NO3/c1-12(2)10-17-7-8-18-11-15-6-5-14(19-15)9-16-13-3-4-13/h5-6,12-13,16H,3-4,7-11H2,1-2H3. The Morgan fingerprint density at radius 1 is 1.21 bits per heavy atom. The van der Waals surface area contributed by atoms with Crippen LogP contribution in [0, 0.1) is 5.92 Å². The molecule has 0 amide bonds. The van der Waals surface area contributed by atoms with Crippen LogP contribution in [0.3, 0.4) is 0 Å². The normalized spacial score (nSPS) is 15.3. The van der Waals surface area contributed by atoms with Crippen molar-refractivity contribution in [3.05, 3.63) is 23.7 Å². The van der Waals surface area contributed by atoms with Crippen LogP contribution in [0.5, 0.6) is 0 Å². The molecule has 1 aromatic heterocycles. The van der Waals surface area contributed by atoms with E-state index in [0.29, 0.717) is 31.8 Å². The first-order valence-corrected chi connectivity index (χ1v) is 7.20. The van der Waals surface area contributed by atoms with Gasteiger partial charge in [0.05, 0.1) is 19.8 Å². The minimum atomic E-state index is 0.522. The minimum Gasteiger partial charge on any atom is -0.462 e. The molecule has 4 heteroatoms. The van der Waals surface area contributed by atoms with Gasteiger partial charge >= 0.3 is 0 Å². The van der Waals surface area contributed by atoms with Gasteiger partial charge in [0.15, 0.2) is 0 Å². The molecule has 4 nitrogen and oxygen atoms in total. The molecular weight excluding hydrogens is 242 g/mol. The summed E-state index contributed by atoms with van der Waals surface area (Å²) >= 11 is 0. The van der Waals surface area contributed by atoms with Gasteiger partial charge in [-0.25, -0.2) is 0 Å². The van der Waals surface area contributed by atoms with E-state index in [0.717, 1.165) is 24.7 Å². The smallest absolute Gasteiger partial charge is 0.129 e. The summed E-state index contributed by atoms with van der Waals surface area (Å²) in [7, 11) is 0. The van der Waals surface area contributed by atoms with Gasteiger partial charge < -0.3 is 19.2 Å².